The van der Waals surface area contributed by atoms with Gasteiger partial charge in [0, 0.05) is 19.2 Å². The van der Waals surface area contributed by atoms with Crippen LogP contribution in [0.5, 0.6) is 11.5 Å². The van der Waals surface area contributed by atoms with E-state index in [4.69, 9.17) is 9.47 Å². The monoisotopic (exact) mass is 418 g/mol. The fourth-order valence-electron chi connectivity index (χ4n) is 3.38. The topological polar surface area (TPSA) is 84.9 Å². The van der Waals surface area contributed by atoms with Crippen molar-refractivity contribution in [3.05, 3.63) is 48.0 Å². The second-order valence-corrected chi connectivity index (χ2v) is 9.01. The molecule has 1 heterocycles. The van der Waals surface area contributed by atoms with E-state index in [-0.39, 0.29) is 17.3 Å². The average Bonchev–Trinajstić information content (AvgIpc) is 2.74. The third-order valence-corrected chi connectivity index (χ3v) is 6.96. The van der Waals surface area contributed by atoms with E-state index in [1.807, 2.05) is 6.92 Å². The molecule has 29 heavy (non-hydrogen) atoms. The molecule has 0 aliphatic carbocycles. The molecule has 2 aromatic rings. The van der Waals surface area contributed by atoms with Crippen LogP contribution < -0.4 is 14.8 Å². The number of sulfonamides is 1. The molecule has 0 spiro atoms. The molecule has 0 unspecified atom stereocenters. The Hall–Kier alpha value is -2.58. The molecule has 156 valence electrons. The van der Waals surface area contributed by atoms with Crippen molar-refractivity contribution in [2.75, 3.05) is 32.6 Å². The third kappa shape index (κ3) is 4.71. The lowest BCUT2D eigenvalue weighted by Gasteiger charge is -2.31. The fraction of sp³-hybridized carbons (Fsp3) is 0.381. The molecule has 1 aliphatic rings. The second-order valence-electron chi connectivity index (χ2n) is 7.07. The van der Waals surface area contributed by atoms with Crippen molar-refractivity contribution in [1.29, 1.82) is 0 Å². The molecule has 1 saturated heterocycles. The number of aryl methyl sites for hydroxylation is 1. The number of rotatable bonds is 6. The number of hydrogen-bond acceptors (Lipinski definition) is 5. The predicted molar refractivity (Wildman–Crippen MR) is 111 cm³/mol. The zero-order valence-corrected chi connectivity index (χ0v) is 17.7. The molecule has 2 aromatic carbocycles. The molecule has 0 bridgehead atoms. The number of carbonyl (C=O) groups is 1. The lowest BCUT2D eigenvalue weighted by Crippen LogP contribution is -2.43. The highest BCUT2D eigenvalue weighted by atomic mass is 32.2. The highest BCUT2D eigenvalue weighted by molar-refractivity contribution is 7.89. The molecular weight excluding hydrogens is 392 g/mol. The first kappa shape index (κ1) is 21.1. The maximum Gasteiger partial charge on any atom is 0.243 e. The SMILES string of the molecule is COc1ccc(OC)c(NC(=O)[C@@H]2CCCN(S(=O)(=O)c3ccc(C)cc3)C2)c1. The summed E-state index contributed by atoms with van der Waals surface area (Å²) in [6.45, 7) is 2.46. The second kappa shape index (κ2) is 8.84. The van der Waals surface area contributed by atoms with Gasteiger partial charge in [0.15, 0.2) is 0 Å². The summed E-state index contributed by atoms with van der Waals surface area (Å²) in [5.74, 6) is 0.424. The van der Waals surface area contributed by atoms with E-state index in [1.165, 1.54) is 11.4 Å². The van der Waals surface area contributed by atoms with Gasteiger partial charge in [0.25, 0.3) is 0 Å². The molecule has 1 aliphatic heterocycles. The van der Waals surface area contributed by atoms with Gasteiger partial charge < -0.3 is 14.8 Å². The van der Waals surface area contributed by atoms with Crippen molar-refractivity contribution in [2.45, 2.75) is 24.7 Å². The normalized spacial score (nSPS) is 17.6. The number of carbonyl (C=O) groups excluding carboxylic acids is 1. The molecule has 0 radical (unpaired) electrons. The highest BCUT2D eigenvalue weighted by Crippen LogP contribution is 2.31. The standard InChI is InChI=1S/C21H26N2O5S/c1-15-6-9-18(10-7-15)29(25,26)23-12-4-5-16(14-23)21(24)22-19-13-17(27-2)8-11-20(19)28-3/h6-11,13,16H,4-5,12,14H2,1-3H3,(H,22,24)/t16-/m1/s1. The van der Waals surface area contributed by atoms with Crippen molar-refractivity contribution in [2.24, 2.45) is 5.92 Å². The van der Waals surface area contributed by atoms with Gasteiger partial charge in [-0.1, -0.05) is 17.7 Å². The quantitative estimate of drug-likeness (QED) is 0.779. The number of nitrogens with zero attached hydrogens (tertiary/aromatic N) is 1. The smallest absolute Gasteiger partial charge is 0.243 e. The van der Waals surface area contributed by atoms with E-state index in [0.29, 0.717) is 36.6 Å². The Morgan fingerprint density at radius 3 is 2.48 bits per heavy atom. The van der Waals surface area contributed by atoms with Gasteiger partial charge in [0.2, 0.25) is 15.9 Å². The molecular formula is C21H26N2O5S. The van der Waals surface area contributed by atoms with E-state index in [0.717, 1.165) is 5.56 Å². The molecule has 8 heteroatoms. The van der Waals surface area contributed by atoms with Crippen LogP contribution in [0.15, 0.2) is 47.4 Å². The van der Waals surface area contributed by atoms with Gasteiger partial charge in [-0.15, -0.1) is 0 Å². The number of methoxy groups -OCH3 is 2. The van der Waals surface area contributed by atoms with Crippen LogP contribution in [-0.4, -0.2) is 45.9 Å². The van der Waals surface area contributed by atoms with Crippen LogP contribution >= 0.6 is 0 Å². The van der Waals surface area contributed by atoms with Gasteiger partial charge in [-0.25, -0.2) is 8.42 Å². The maximum absolute atomic E-state index is 13.0. The number of nitrogens with one attached hydrogen (secondary N) is 1. The first-order valence-electron chi connectivity index (χ1n) is 9.45. The van der Waals surface area contributed by atoms with Crippen LogP contribution in [0, 0.1) is 12.8 Å². The molecule has 1 amide bonds. The Morgan fingerprint density at radius 1 is 1.10 bits per heavy atom. The summed E-state index contributed by atoms with van der Waals surface area (Å²) >= 11 is 0. The van der Waals surface area contributed by atoms with E-state index in [1.54, 1.807) is 49.6 Å². The Balaban J connectivity index is 1.75. The molecule has 0 aromatic heterocycles. The number of ether oxygens (including phenoxy) is 2. The Morgan fingerprint density at radius 2 is 1.83 bits per heavy atom. The molecule has 1 atom stereocenters. The summed E-state index contributed by atoms with van der Waals surface area (Å²) in [6.07, 6.45) is 1.25. The summed E-state index contributed by atoms with van der Waals surface area (Å²) in [7, 11) is -0.567. The van der Waals surface area contributed by atoms with Crippen LogP contribution in [0.3, 0.4) is 0 Å². The summed E-state index contributed by atoms with van der Waals surface area (Å²) in [4.78, 5) is 13.1. The maximum atomic E-state index is 13.0. The molecule has 3 rings (SSSR count). The first-order valence-corrected chi connectivity index (χ1v) is 10.9. The van der Waals surface area contributed by atoms with E-state index in [9.17, 15) is 13.2 Å². The Bertz CT molecular complexity index is 973. The van der Waals surface area contributed by atoms with Crippen molar-refractivity contribution in [3.8, 4) is 11.5 Å². The van der Waals surface area contributed by atoms with Crippen molar-refractivity contribution in [1.82, 2.24) is 4.31 Å². The van der Waals surface area contributed by atoms with Crippen molar-refractivity contribution < 1.29 is 22.7 Å². The van der Waals surface area contributed by atoms with Crippen LogP contribution in [0.25, 0.3) is 0 Å². The number of benzene rings is 2. The van der Waals surface area contributed by atoms with Crippen LogP contribution in [0.1, 0.15) is 18.4 Å². The minimum absolute atomic E-state index is 0.147. The van der Waals surface area contributed by atoms with Crippen molar-refractivity contribution in [3.63, 3.8) is 0 Å². The zero-order valence-electron chi connectivity index (χ0n) is 16.8. The van der Waals surface area contributed by atoms with Crippen LogP contribution in [0.2, 0.25) is 0 Å². The molecule has 1 fully saturated rings. The Labute approximate surface area is 171 Å². The lowest BCUT2D eigenvalue weighted by molar-refractivity contribution is -0.120. The van der Waals surface area contributed by atoms with Gasteiger partial charge in [-0.05, 0) is 44.0 Å². The van der Waals surface area contributed by atoms with Gasteiger partial charge in [0.05, 0.1) is 30.7 Å². The van der Waals surface area contributed by atoms with E-state index >= 15 is 0 Å². The number of amides is 1. The van der Waals surface area contributed by atoms with Crippen LogP contribution in [0.4, 0.5) is 5.69 Å². The van der Waals surface area contributed by atoms with Gasteiger partial charge in [-0.3, -0.25) is 4.79 Å². The minimum Gasteiger partial charge on any atom is -0.497 e. The fourth-order valence-corrected chi connectivity index (χ4v) is 4.90. The summed E-state index contributed by atoms with van der Waals surface area (Å²) in [5.41, 5.74) is 1.49. The number of anilines is 1. The summed E-state index contributed by atoms with van der Waals surface area (Å²) in [5, 5.41) is 2.86. The zero-order chi connectivity index (χ0) is 21.0. The molecule has 1 N–H and O–H groups in total. The lowest BCUT2D eigenvalue weighted by atomic mass is 9.98. The number of hydrogen-bond donors (Lipinski definition) is 1. The van der Waals surface area contributed by atoms with E-state index in [2.05, 4.69) is 5.32 Å². The van der Waals surface area contributed by atoms with Crippen LogP contribution in [-0.2, 0) is 14.8 Å². The largest absolute Gasteiger partial charge is 0.497 e. The number of piperidine rings is 1. The van der Waals surface area contributed by atoms with E-state index < -0.39 is 15.9 Å². The summed E-state index contributed by atoms with van der Waals surface area (Å²) in [6, 6.07) is 11.9. The molecule has 0 saturated carbocycles. The Kier molecular flexibility index (Phi) is 6.44. The summed E-state index contributed by atoms with van der Waals surface area (Å²) < 4.78 is 37.8. The minimum atomic E-state index is -3.63. The van der Waals surface area contributed by atoms with Gasteiger partial charge >= 0.3 is 0 Å². The average molecular weight is 419 g/mol. The predicted octanol–water partition coefficient (Wildman–Crippen LogP) is 3.05. The van der Waals surface area contributed by atoms with Gasteiger partial charge in [0.1, 0.15) is 11.5 Å². The highest BCUT2D eigenvalue weighted by Gasteiger charge is 2.33. The third-order valence-electron chi connectivity index (χ3n) is 5.08. The van der Waals surface area contributed by atoms with Crippen molar-refractivity contribution >= 4 is 21.6 Å². The van der Waals surface area contributed by atoms with Gasteiger partial charge in [-0.2, -0.15) is 4.31 Å². The first-order chi connectivity index (χ1) is 13.8. The molecule has 7 nitrogen and oxygen atoms in total.